The molecule has 1 aromatic heterocycles. The van der Waals surface area contributed by atoms with E-state index in [1.165, 1.54) is 11.3 Å². The van der Waals surface area contributed by atoms with E-state index in [0.29, 0.717) is 17.6 Å². The van der Waals surface area contributed by atoms with Gasteiger partial charge in [-0.3, -0.25) is 4.79 Å². The van der Waals surface area contributed by atoms with Crippen molar-refractivity contribution in [2.24, 2.45) is 11.7 Å². The van der Waals surface area contributed by atoms with Crippen LogP contribution in [-0.2, 0) is 4.79 Å². The Kier molecular flexibility index (Phi) is 5.58. The minimum absolute atomic E-state index is 0.0148. The highest BCUT2D eigenvalue weighted by Gasteiger charge is 2.17. The van der Waals surface area contributed by atoms with E-state index in [9.17, 15) is 4.79 Å². The fraction of sp³-hybridized carbons (Fsp3) is 0.667. The zero-order valence-electron chi connectivity index (χ0n) is 10.7. The largest absolute Gasteiger partial charge is 0.330 e. The van der Waals surface area contributed by atoms with E-state index in [1.807, 2.05) is 5.38 Å². The lowest BCUT2D eigenvalue weighted by Crippen LogP contribution is -2.29. The predicted octanol–water partition coefficient (Wildman–Crippen LogP) is 2.58. The number of rotatable bonds is 6. The molecule has 5 heteroatoms. The van der Waals surface area contributed by atoms with Crippen molar-refractivity contribution >= 4 is 22.4 Å². The van der Waals surface area contributed by atoms with Gasteiger partial charge in [0.15, 0.2) is 5.13 Å². The third kappa shape index (κ3) is 4.09. The minimum Gasteiger partial charge on any atom is -0.330 e. The number of hydrogen-bond acceptors (Lipinski definition) is 4. The van der Waals surface area contributed by atoms with Gasteiger partial charge in [-0.15, -0.1) is 11.3 Å². The summed E-state index contributed by atoms with van der Waals surface area (Å²) in [5.41, 5.74) is 6.61. The molecule has 0 spiro atoms. The Morgan fingerprint density at radius 2 is 2.29 bits per heavy atom. The van der Waals surface area contributed by atoms with Gasteiger partial charge in [-0.1, -0.05) is 27.2 Å². The first-order valence-electron chi connectivity index (χ1n) is 6.04. The van der Waals surface area contributed by atoms with E-state index in [2.05, 4.69) is 31.1 Å². The van der Waals surface area contributed by atoms with E-state index >= 15 is 0 Å². The number of hydrogen-bond donors (Lipinski definition) is 2. The number of nitrogens with two attached hydrogens (primary N) is 1. The molecular weight excluding hydrogens is 234 g/mol. The smallest absolute Gasteiger partial charge is 0.230 e. The second-order valence-corrected chi connectivity index (χ2v) is 5.30. The molecule has 1 aromatic rings. The fourth-order valence-electron chi connectivity index (χ4n) is 1.52. The van der Waals surface area contributed by atoms with Crippen molar-refractivity contribution in [3.8, 4) is 0 Å². The summed E-state index contributed by atoms with van der Waals surface area (Å²) in [4.78, 5) is 16.3. The normalized spacial score (nSPS) is 12.8. The second-order valence-electron chi connectivity index (χ2n) is 4.44. The van der Waals surface area contributed by atoms with Gasteiger partial charge in [-0.05, 0) is 12.3 Å². The van der Waals surface area contributed by atoms with Gasteiger partial charge in [0.25, 0.3) is 0 Å². The van der Waals surface area contributed by atoms with Crippen LogP contribution < -0.4 is 11.1 Å². The topological polar surface area (TPSA) is 68.0 Å². The number of aromatic nitrogens is 1. The van der Waals surface area contributed by atoms with Crippen molar-refractivity contribution in [3.05, 3.63) is 11.1 Å². The van der Waals surface area contributed by atoms with E-state index in [4.69, 9.17) is 5.73 Å². The SMILES string of the molecule is CCCC(CN)C(=O)Nc1nc(C(C)C)cs1. The maximum Gasteiger partial charge on any atom is 0.230 e. The summed E-state index contributed by atoms with van der Waals surface area (Å²) in [5.74, 6) is 0.267. The molecule has 0 saturated heterocycles. The van der Waals surface area contributed by atoms with Crippen molar-refractivity contribution < 1.29 is 4.79 Å². The maximum absolute atomic E-state index is 11.9. The highest BCUT2D eigenvalue weighted by Crippen LogP contribution is 2.22. The number of amides is 1. The Morgan fingerprint density at radius 3 is 2.76 bits per heavy atom. The van der Waals surface area contributed by atoms with Gasteiger partial charge in [0.1, 0.15) is 0 Å². The van der Waals surface area contributed by atoms with Crippen LogP contribution in [0.5, 0.6) is 0 Å². The zero-order chi connectivity index (χ0) is 12.8. The molecule has 1 heterocycles. The molecule has 96 valence electrons. The number of thiazole rings is 1. The van der Waals surface area contributed by atoms with E-state index in [-0.39, 0.29) is 11.8 Å². The summed E-state index contributed by atoms with van der Waals surface area (Å²) in [7, 11) is 0. The van der Waals surface area contributed by atoms with E-state index < -0.39 is 0 Å². The molecule has 1 atom stereocenters. The molecule has 0 saturated carbocycles. The lowest BCUT2D eigenvalue weighted by Gasteiger charge is -2.12. The summed E-state index contributed by atoms with van der Waals surface area (Å²) in [6, 6.07) is 0. The van der Waals surface area contributed by atoms with Gasteiger partial charge in [0.2, 0.25) is 5.91 Å². The summed E-state index contributed by atoms with van der Waals surface area (Å²) < 4.78 is 0. The Hall–Kier alpha value is -0.940. The molecule has 1 unspecified atom stereocenters. The molecular formula is C12H21N3OS. The summed E-state index contributed by atoms with van der Waals surface area (Å²) in [6.45, 7) is 6.61. The van der Waals surface area contributed by atoms with Gasteiger partial charge in [0, 0.05) is 11.9 Å². The zero-order valence-corrected chi connectivity index (χ0v) is 11.5. The monoisotopic (exact) mass is 255 g/mol. The highest BCUT2D eigenvalue weighted by molar-refractivity contribution is 7.13. The van der Waals surface area contributed by atoms with Crippen LogP contribution in [0.4, 0.5) is 5.13 Å². The van der Waals surface area contributed by atoms with E-state index in [0.717, 1.165) is 18.5 Å². The molecule has 0 bridgehead atoms. The van der Waals surface area contributed by atoms with Crippen LogP contribution in [0.1, 0.15) is 45.2 Å². The van der Waals surface area contributed by atoms with Crippen LogP contribution in [-0.4, -0.2) is 17.4 Å². The predicted molar refractivity (Wildman–Crippen MR) is 72.3 cm³/mol. The minimum atomic E-state index is -0.105. The first kappa shape index (κ1) is 14.1. The molecule has 0 aliphatic heterocycles. The fourth-order valence-corrected chi connectivity index (χ4v) is 2.40. The molecule has 0 aliphatic carbocycles. The first-order chi connectivity index (χ1) is 8.08. The van der Waals surface area contributed by atoms with Gasteiger partial charge in [0.05, 0.1) is 11.6 Å². The quantitative estimate of drug-likeness (QED) is 0.821. The summed E-state index contributed by atoms with van der Waals surface area (Å²) >= 11 is 1.47. The molecule has 0 fully saturated rings. The van der Waals surface area contributed by atoms with Crippen LogP contribution in [0, 0.1) is 5.92 Å². The first-order valence-corrected chi connectivity index (χ1v) is 6.92. The summed E-state index contributed by atoms with van der Waals surface area (Å²) in [5, 5.41) is 5.50. The van der Waals surface area contributed by atoms with Crippen molar-refractivity contribution in [3.63, 3.8) is 0 Å². The van der Waals surface area contributed by atoms with Gasteiger partial charge >= 0.3 is 0 Å². The van der Waals surface area contributed by atoms with Gasteiger partial charge in [-0.25, -0.2) is 4.98 Å². The Balaban J connectivity index is 2.60. The molecule has 0 radical (unpaired) electrons. The Bertz CT molecular complexity index is 362. The van der Waals surface area contributed by atoms with Gasteiger partial charge < -0.3 is 11.1 Å². The number of anilines is 1. The molecule has 3 N–H and O–H groups in total. The van der Waals surface area contributed by atoms with Crippen molar-refractivity contribution in [1.82, 2.24) is 4.98 Å². The summed E-state index contributed by atoms with van der Waals surface area (Å²) in [6.07, 6.45) is 1.79. The van der Waals surface area contributed by atoms with Crippen molar-refractivity contribution in [2.75, 3.05) is 11.9 Å². The molecule has 1 amide bonds. The number of nitrogens with one attached hydrogen (secondary N) is 1. The standard InChI is InChI=1S/C12H21N3OS/c1-4-5-9(6-13)11(16)15-12-14-10(7-17-12)8(2)3/h7-9H,4-6,13H2,1-3H3,(H,14,15,16). The highest BCUT2D eigenvalue weighted by atomic mass is 32.1. The van der Waals surface area contributed by atoms with Crippen molar-refractivity contribution in [1.29, 1.82) is 0 Å². The average Bonchev–Trinajstić information content (AvgIpc) is 2.74. The van der Waals surface area contributed by atoms with Crippen LogP contribution in [0.2, 0.25) is 0 Å². The molecule has 0 aliphatic rings. The number of nitrogens with zero attached hydrogens (tertiary/aromatic N) is 1. The van der Waals surface area contributed by atoms with Crippen LogP contribution in [0.15, 0.2) is 5.38 Å². The van der Waals surface area contributed by atoms with Crippen LogP contribution in [0.3, 0.4) is 0 Å². The average molecular weight is 255 g/mol. The lowest BCUT2D eigenvalue weighted by molar-refractivity contribution is -0.119. The Labute approximate surface area is 107 Å². The number of carbonyl (C=O) groups is 1. The molecule has 4 nitrogen and oxygen atoms in total. The number of carbonyl (C=O) groups excluding carboxylic acids is 1. The van der Waals surface area contributed by atoms with Crippen LogP contribution >= 0.6 is 11.3 Å². The molecule has 0 aromatic carbocycles. The third-order valence-corrected chi connectivity index (χ3v) is 3.41. The van der Waals surface area contributed by atoms with Gasteiger partial charge in [-0.2, -0.15) is 0 Å². The van der Waals surface area contributed by atoms with E-state index in [1.54, 1.807) is 0 Å². The third-order valence-electron chi connectivity index (χ3n) is 2.64. The second kappa shape index (κ2) is 6.71. The lowest BCUT2D eigenvalue weighted by atomic mass is 10.0. The Morgan fingerprint density at radius 1 is 1.59 bits per heavy atom. The van der Waals surface area contributed by atoms with Crippen LogP contribution in [0.25, 0.3) is 0 Å². The van der Waals surface area contributed by atoms with Crippen molar-refractivity contribution in [2.45, 2.75) is 39.5 Å². The molecule has 1 rings (SSSR count). The maximum atomic E-state index is 11.9. The molecule has 17 heavy (non-hydrogen) atoms.